The van der Waals surface area contributed by atoms with E-state index in [2.05, 4.69) is 0 Å². The summed E-state index contributed by atoms with van der Waals surface area (Å²) >= 11 is 6.09. The van der Waals surface area contributed by atoms with Gasteiger partial charge in [-0.2, -0.15) is 0 Å². The molecule has 3 rings (SSSR count). The molecule has 16 heavy (non-hydrogen) atoms. The summed E-state index contributed by atoms with van der Waals surface area (Å²) < 4.78 is 0. The number of fused-ring (bicyclic) bond motifs is 4. The molecule has 0 amide bonds. The Morgan fingerprint density at radius 1 is 1.00 bits per heavy atom. The van der Waals surface area contributed by atoms with E-state index in [0.29, 0.717) is 5.02 Å². The van der Waals surface area contributed by atoms with Crippen molar-refractivity contribution in [1.29, 1.82) is 0 Å². The maximum Gasteiger partial charge on any atom is 0.337 e. The van der Waals surface area contributed by atoms with E-state index < -0.39 is 5.97 Å². The van der Waals surface area contributed by atoms with E-state index in [1.165, 1.54) is 0 Å². The third kappa shape index (κ3) is 1.05. The molecule has 0 fully saturated rings. The highest BCUT2D eigenvalue weighted by Crippen LogP contribution is 2.51. The molecular weight excluding hydrogens is 224 g/mol. The maximum absolute atomic E-state index is 10.9. The molecule has 2 aromatic carbocycles. The molecule has 0 spiro atoms. The van der Waals surface area contributed by atoms with Crippen LogP contribution in [0.2, 0.25) is 5.02 Å². The summed E-state index contributed by atoms with van der Waals surface area (Å²) in [5.41, 5.74) is 4.22. The molecule has 2 aromatic rings. The van der Waals surface area contributed by atoms with Crippen molar-refractivity contribution in [2.24, 2.45) is 0 Å². The Morgan fingerprint density at radius 2 is 1.69 bits per heavy atom. The zero-order valence-electron chi connectivity index (χ0n) is 8.20. The van der Waals surface area contributed by atoms with Crippen molar-refractivity contribution < 1.29 is 9.90 Å². The number of carboxylic acids is 1. The first kappa shape index (κ1) is 9.43. The van der Waals surface area contributed by atoms with Crippen LogP contribution >= 0.6 is 11.6 Å². The summed E-state index contributed by atoms with van der Waals surface area (Å²) in [5, 5.41) is 9.31. The molecule has 0 bridgehead atoms. The van der Waals surface area contributed by atoms with E-state index >= 15 is 0 Å². The molecule has 1 N–H and O–H groups in total. The second kappa shape index (κ2) is 3.09. The fourth-order valence-electron chi connectivity index (χ4n) is 2.10. The smallest absolute Gasteiger partial charge is 0.337 e. The van der Waals surface area contributed by atoms with Gasteiger partial charge in [-0.3, -0.25) is 0 Å². The first-order valence-electron chi connectivity index (χ1n) is 4.85. The summed E-state index contributed by atoms with van der Waals surface area (Å²) in [7, 11) is 0. The number of carboxylic acid groups (broad SMARTS) is 1. The molecule has 0 radical (unpaired) electrons. The molecule has 0 saturated carbocycles. The third-order valence-electron chi connectivity index (χ3n) is 2.86. The van der Waals surface area contributed by atoms with Crippen molar-refractivity contribution in [3.05, 3.63) is 47.0 Å². The second-order valence-electron chi connectivity index (χ2n) is 3.70. The molecule has 1 aliphatic carbocycles. The van der Waals surface area contributed by atoms with E-state index in [-0.39, 0.29) is 5.56 Å². The molecule has 0 atom stereocenters. The predicted molar refractivity (Wildman–Crippen MR) is 62.8 cm³/mol. The summed E-state index contributed by atoms with van der Waals surface area (Å²) in [6.45, 7) is 0. The minimum Gasteiger partial charge on any atom is -0.478 e. The van der Waals surface area contributed by atoms with Crippen LogP contribution in [0.15, 0.2) is 36.4 Å². The van der Waals surface area contributed by atoms with Crippen molar-refractivity contribution >= 4 is 17.6 Å². The molecule has 0 aliphatic heterocycles. The van der Waals surface area contributed by atoms with Gasteiger partial charge in [0.15, 0.2) is 0 Å². The van der Waals surface area contributed by atoms with E-state index in [1.807, 2.05) is 30.3 Å². The van der Waals surface area contributed by atoms with Gasteiger partial charge in [-0.25, -0.2) is 4.79 Å². The van der Waals surface area contributed by atoms with Crippen LogP contribution in [0.25, 0.3) is 22.3 Å². The van der Waals surface area contributed by atoms with Gasteiger partial charge in [0.05, 0.1) is 10.6 Å². The largest absolute Gasteiger partial charge is 0.478 e. The van der Waals surface area contributed by atoms with Gasteiger partial charge in [0.25, 0.3) is 0 Å². The number of halogens is 1. The van der Waals surface area contributed by atoms with Crippen LogP contribution in [0.4, 0.5) is 0 Å². The Hall–Kier alpha value is -1.80. The van der Waals surface area contributed by atoms with Crippen LogP contribution < -0.4 is 0 Å². The van der Waals surface area contributed by atoms with Crippen LogP contribution in [-0.4, -0.2) is 11.1 Å². The van der Waals surface area contributed by atoms with Crippen molar-refractivity contribution in [1.82, 2.24) is 0 Å². The van der Waals surface area contributed by atoms with Crippen molar-refractivity contribution in [3.63, 3.8) is 0 Å². The Labute approximate surface area is 97.1 Å². The Morgan fingerprint density at radius 3 is 2.38 bits per heavy atom. The lowest BCUT2D eigenvalue weighted by atomic mass is 9.80. The zero-order chi connectivity index (χ0) is 11.3. The van der Waals surface area contributed by atoms with Crippen LogP contribution in [0.1, 0.15) is 10.4 Å². The number of carbonyl (C=O) groups is 1. The lowest BCUT2D eigenvalue weighted by Crippen LogP contribution is -2.04. The summed E-state index contributed by atoms with van der Waals surface area (Å²) in [4.78, 5) is 10.9. The van der Waals surface area contributed by atoms with Crippen LogP contribution in [-0.2, 0) is 0 Å². The van der Waals surface area contributed by atoms with Gasteiger partial charge in [0.2, 0.25) is 0 Å². The first-order valence-corrected chi connectivity index (χ1v) is 5.23. The zero-order valence-corrected chi connectivity index (χ0v) is 8.95. The average molecular weight is 231 g/mol. The Bertz CT molecular complexity index is 617. The topological polar surface area (TPSA) is 37.3 Å². The molecule has 1 aliphatic rings. The highest BCUT2D eigenvalue weighted by atomic mass is 35.5. The summed E-state index contributed by atoms with van der Waals surface area (Å²) in [6, 6.07) is 11.2. The average Bonchev–Trinajstić information content (AvgIpc) is 2.24. The van der Waals surface area contributed by atoms with Crippen LogP contribution in [0, 0.1) is 0 Å². The number of benzene rings is 2. The van der Waals surface area contributed by atoms with Gasteiger partial charge in [0.1, 0.15) is 0 Å². The van der Waals surface area contributed by atoms with Gasteiger partial charge >= 0.3 is 5.97 Å². The maximum atomic E-state index is 10.9. The van der Waals surface area contributed by atoms with Crippen LogP contribution in [0.3, 0.4) is 0 Å². The van der Waals surface area contributed by atoms with Crippen molar-refractivity contribution in [2.75, 3.05) is 0 Å². The minimum atomic E-state index is -0.989. The fourth-order valence-corrected chi connectivity index (χ4v) is 2.45. The second-order valence-corrected chi connectivity index (χ2v) is 4.08. The summed E-state index contributed by atoms with van der Waals surface area (Å²) in [5.74, 6) is -0.989. The van der Waals surface area contributed by atoms with E-state index in [9.17, 15) is 4.79 Å². The monoisotopic (exact) mass is 230 g/mol. The van der Waals surface area contributed by atoms with Gasteiger partial charge in [-0.1, -0.05) is 41.9 Å². The van der Waals surface area contributed by atoms with Crippen LogP contribution in [0.5, 0.6) is 0 Å². The minimum absolute atomic E-state index is 0.162. The van der Waals surface area contributed by atoms with Gasteiger partial charge in [-0.15, -0.1) is 0 Å². The molecule has 0 saturated heterocycles. The Balaban J connectivity index is 2.27. The molecule has 2 nitrogen and oxygen atoms in total. The number of hydrogen-bond acceptors (Lipinski definition) is 1. The highest BCUT2D eigenvalue weighted by molar-refractivity contribution is 6.38. The SMILES string of the molecule is O=C(O)c1ccc2c(c1Cl)-c1ccccc1-2. The van der Waals surface area contributed by atoms with Gasteiger partial charge in [-0.05, 0) is 22.8 Å². The normalized spacial score (nSPS) is 11.3. The number of rotatable bonds is 1. The molecule has 0 heterocycles. The van der Waals surface area contributed by atoms with Crippen molar-refractivity contribution in [2.45, 2.75) is 0 Å². The van der Waals surface area contributed by atoms with Crippen molar-refractivity contribution in [3.8, 4) is 22.3 Å². The van der Waals surface area contributed by atoms with Gasteiger partial charge in [0, 0.05) is 5.56 Å². The highest BCUT2D eigenvalue weighted by Gasteiger charge is 2.27. The molecule has 78 valence electrons. The van der Waals surface area contributed by atoms with E-state index in [1.54, 1.807) is 6.07 Å². The van der Waals surface area contributed by atoms with E-state index in [0.717, 1.165) is 22.3 Å². The molecule has 3 heteroatoms. The predicted octanol–water partition coefficient (Wildman–Crippen LogP) is 3.69. The third-order valence-corrected chi connectivity index (χ3v) is 3.25. The Kier molecular flexibility index (Phi) is 1.82. The summed E-state index contributed by atoms with van der Waals surface area (Å²) in [6.07, 6.45) is 0. The molecule has 0 aromatic heterocycles. The first-order chi connectivity index (χ1) is 7.70. The van der Waals surface area contributed by atoms with Gasteiger partial charge < -0.3 is 5.11 Å². The molecule has 0 unspecified atom stereocenters. The fraction of sp³-hybridized carbons (Fsp3) is 0. The molecular formula is C13H7ClO2. The standard InChI is InChI=1S/C13H7ClO2/c14-12-10(13(15)16)6-5-9-7-3-1-2-4-8(7)11(9)12/h1-6H,(H,15,16). The lowest BCUT2D eigenvalue weighted by molar-refractivity contribution is 0.0697. The lowest BCUT2D eigenvalue weighted by Gasteiger charge is -2.25. The quantitative estimate of drug-likeness (QED) is 0.692. The number of aromatic carboxylic acids is 1. The number of hydrogen-bond donors (Lipinski definition) is 1. The van der Waals surface area contributed by atoms with E-state index in [4.69, 9.17) is 16.7 Å².